The molecule has 116 valence electrons. The molecule has 1 aromatic carbocycles. The number of anilines is 2. The van der Waals surface area contributed by atoms with Crippen LogP contribution in [0.25, 0.3) is 0 Å². The Morgan fingerprint density at radius 1 is 1.38 bits per heavy atom. The van der Waals surface area contributed by atoms with Crippen molar-refractivity contribution in [3.8, 4) is 0 Å². The van der Waals surface area contributed by atoms with Gasteiger partial charge >= 0.3 is 5.97 Å². The van der Waals surface area contributed by atoms with E-state index in [1.54, 1.807) is 6.07 Å². The molecule has 0 bridgehead atoms. The zero-order chi connectivity index (χ0) is 15.6. The smallest absolute Gasteiger partial charge is 0.340 e. The molecular weight excluding hydrogens is 266 g/mol. The van der Waals surface area contributed by atoms with E-state index in [0.717, 1.165) is 25.3 Å². The van der Waals surface area contributed by atoms with Gasteiger partial charge < -0.3 is 15.4 Å². The summed E-state index contributed by atoms with van der Waals surface area (Å²) in [5.74, 6) is -0.309. The second-order valence-electron chi connectivity index (χ2n) is 6.15. The van der Waals surface area contributed by atoms with Crippen LogP contribution >= 0.6 is 0 Å². The minimum Gasteiger partial charge on any atom is -0.462 e. The zero-order valence-electron chi connectivity index (χ0n) is 13.3. The van der Waals surface area contributed by atoms with Crippen LogP contribution in [0.15, 0.2) is 18.2 Å². The summed E-state index contributed by atoms with van der Waals surface area (Å²) >= 11 is 0. The molecule has 0 saturated carbocycles. The average Bonchev–Trinajstić information content (AvgIpc) is 2.42. The molecule has 1 saturated heterocycles. The maximum atomic E-state index is 12.2. The summed E-state index contributed by atoms with van der Waals surface area (Å²) in [4.78, 5) is 16.8. The van der Waals surface area contributed by atoms with E-state index in [9.17, 15) is 4.79 Å². The quantitative estimate of drug-likeness (QED) is 0.681. The lowest BCUT2D eigenvalue weighted by Gasteiger charge is -2.46. The van der Waals surface area contributed by atoms with Gasteiger partial charge in [0.25, 0.3) is 0 Å². The highest BCUT2D eigenvalue weighted by atomic mass is 16.5. The van der Waals surface area contributed by atoms with Gasteiger partial charge in [0.05, 0.1) is 17.9 Å². The first kappa shape index (κ1) is 15.6. The van der Waals surface area contributed by atoms with Crippen molar-refractivity contribution in [2.75, 3.05) is 43.9 Å². The number of hydrogen-bond donors (Lipinski definition) is 1. The zero-order valence-corrected chi connectivity index (χ0v) is 13.3. The van der Waals surface area contributed by atoms with Crippen LogP contribution in [0.5, 0.6) is 0 Å². The van der Waals surface area contributed by atoms with Crippen LogP contribution in [-0.2, 0) is 4.74 Å². The largest absolute Gasteiger partial charge is 0.462 e. The Kier molecular flexibility index (Phi) is 4.42. The maximum absolute atomic E-state index is 12.2. The molecule has 5 nitrogen and oxygen atoms in total. The molecule has 1 aliphatic rings. The summed E-state index contributed by atoms with van der Waals surface area (Å²) < 4.78 is 5.16. The van der Waals surface area contributed by atoms with Crippen molar-refractivity contribution in [2.24, 2.45) is 0 Å². The highest BCUT2D eigenvalue weighted by Gasteiger charge is 2.32. The molecule has 0 unspecified atom stereocenters. The molecule has 2 rings (SSSR count). The van der Waals surface area contributed by atoms with Crippen molar-refractivity contribution in [3.63, 3.8) is 0 Å². The topological polar surface area (TPSA) is 58.8 Å². The highest BCUT2D eigenvalue weighted by molar-refractivity contribution is 5.97. The van der Waals surface area contributed by atoms with Crippen molar-refractivity contribution in [3.05, 3.63) is 23.8 Å². The lowest BCUT2D eigenvalue weighted by atomic mass is 9.98. The minimum absolute atomic E-state index is 0.0611. The highest BCUT2D eigenvalue weighted by Crippen LogP contribution is 2.29. The van der Waals surface area contributed by atoms with Gasteiger partial charge in [-0.1, -0.05) is 0 Å². The van der Waals surface area contributed by atoms with Crippen molar-refractivity contribution in [2.45, 2.75) is 26.3 Å². The standard InChI is InChI=1S/C16H25N3O2/c1-5-21-15(20)13-10-12(17)6-7-14(13)19-9-8-18(4)16(2,3)11-19/h6-7,10H,5,8-9,11,17H2,1-4H3. The molecule has 1 fully saturated rings. The summed E-state index contributed by atoms with van der Waals surface area (Å²) in [6.45, 7) is 9.29. The number of benzene rings is 1. The van der Waals surface area contributed by atoms with Gasteiger partial charge in [0.15, 0.2) is 0 Å². The lowest BCUT2D eigenvalue weighted by molar-refractivity contribution is 0.0526. The van der Waals surface area contributed by atoms with Gasteiger partial charge in [-0.15, -0.1) is 0 Å². The van der Waals surface area contributed by atoms with E-state index >= 15 is 0 Å². The van der Waals surface area contributed by atoms with Gasteiger partial charge in [-0.2, -0.15) is 0 Å². The number of nitrogens with zero attached hydrogens (tertiary/aromatic N) is 2. The van der Waals surface area contributed by atoms with Crippen LogP contribution in [-0.4, -0.2) is 49.7 Å². The third kappa shape index (κ3) is 3.29. The Morgan fingerprint density at radius 3 is 2.71 bits per heavy atom. The number of likely N-dealkylation sites (N-methyl/N-ethyl adjacent to an activating group) is 1. The van der Waals surface area contributed by atoms with Crippen molar-refractivity contribution < 1.29 is 9.53 Å². The molecule has 0 atom stereocenters. The molecular formula is C16H25N3O2. The minimum atomic E-state index is -0.309. The molecule has 0 amide bonds. The van der Waals surface area contributed by atoms with Crippen LogP contribution in [0.3, 0.4) is 0 Å². The Morgan fingerprint density at radius 2 is 2.10 bits per heavy atom. The van der Waals surface area contributed by atoms with Gasteiger partial charge in [-0.3, -0.25) is 4.90 Å². The number of esters is 1. The fourth-order valence-electron chi connectivity index (χ4n) is 2.65. The first-order valence-corrected chi connectivity index (χ1v) is 7.38. The van der Waals surface area contributed by atoms with Gasteiger partial charge in [-0.25, -0.2) is 4.79 Å². The Bertz CT molecular complexity index is 528. The molecule has 0 aromatic heterocycles. The number of piperazine rings is 1. The molecule has 1 heterocycles. The Balaban J connectivity index is 2.33. The van der Waals surface area contributed by atoms with Crippen LogP contribution in [0.4, 0.5) is 11.4 Å². The van der Waals surface area contributed by atoms with Crippen LogP contribution in [0, 0.1) is 0 Å². The lowest BCUT2D eigenvalue weighted by Crippen LogP contribution is -2.58. The first-order chi connectivity index (χ1) is 9.85. The molecule has 5 heteroatoms. The molecule has 0 radical (unpaired) electrons. The number of hydrogen-bond acceptors (Lipinski definition) is 5. The van der Waals surface area contributed by atoms with Gasteiger partial charge in [0, 0.05) is 30.9 Å². The average molecular weight is 291 g/mol. The number of rotatable bonds is 3. The monoisotopic (exact) mass is 291 g/mol. The molecule has 0 spiro atoms. The maximum Gasteiger partial charge on any atom is 0.340 e. The molecule has 1 aromatic rings. The van der Waals surface area contributed by atoms with Crippen molar-refractivity contribution >= 4 is 17.3 Å². The first-order valence-electron chi connectivity index (χ1n) is 7.38. The predicted molar refractivity (Wildman–Crippen MR) is 85.7 cm³/mol. The third-order valence-electron chi connectivity index (χ3n) is 4.17. The number of nitrogens with two attached hydrogens (primary N) is 1. The summed E-state index contributed by atoms with van der Waals surface area (Å²) in [6.07, 6.45) is 0. The van der Waals surface area contributed by atoms with E-state index in [0.29, 0.717) is 17.9 Å². The van der Waals surface area contributed by atoms with E-state index in [1.165, 1.54) is 0 Å². The summed E-state index contributed by atoms with van der Waals surface area (Å²) in [7, 11) is 2.13. The number of carbonyl (C=O) groups is 1. The number of nitrogen functional groups attached to an aromatic ring is 1. The molecule has 21 heavy (non-hydrogen) atoms. The van der Waals surface area contributed by atoms with Crippen LogP contribution in [0.1, 0.15) is 31.1 Å². The molecule has 0 aliphatic carbocycles. The SMILES string of the molecule is CCOC(=O)c1cc(N)ccc1N1CCN(C)C(C)(C)C1. The van der Waals surface area contributed by atoms with Crippen molar-refractivity contribution in [1.82, 2.24) is 4.90 Å². The van der Waals surface area contributed by atoms with Gasteiger partial charge in [0.1, 0.15) is 0 Å². The molecule has 1 aliphatic heterocycles. The Labute approximate surface area is 126 Å². The van der Waals surface area contributed by atoms with Crippen LogP contribution < -0.4 is 10.6 Å². The second kappa shape index (κ2) is 5.93. The van der Waals surface area contributed by atoms with Crippen LogP contribution in [0.2, 0.25) is 0 Å². The normalized spacial score (nSPS) is 18.6. The fourth-order valence-corrected chi connectivity index (χ4v) is 2.65. The van der Waals surface area contributed by atoms with Crippen molar-refractivity contribution in [1.29, 1.82) is 0 Å². The summed E-state index contributed by atoms with van der Waals surface area (Å²) in [5, 5.41) is 0. The predicted octanol–water partition coefficient (Wildman–Crippen LogP) is 1.98. The fraction of sp³-hybridized carbons (Fsp3) is 0.562. The van der Waals surface area contributed by atoms with Gasteiger partial charge in [-0.05, 0) is 46.0 Å². The number of carbonyl (C=O) groups excluding carboxylic acids is 1. The van der Waals surface area contributed by atoms with E-state index < -0.39 is 0 Å². The van der Waals surface area contributed by atoms with E-state index in [4.69, 9.17) is 10.5 Å². The summed E-state index contributed by atoms with van der Waals surface area (Å²) in [5.41, 5.74) is 7.93. The Hall–Kier alpha value is -1.75. The van der Waals surface area contributed by atoms with E-state index in [1.807, 2.05) is 19.1 Å². The third-order valence-corrected chi connectivity index (χ3v) is 4.17. The van der Waals surface area contributed by atoms with E-state index in [-0.39, 0.29) is 11.5 Å². The van der Waals surface area contributed by atoms with Gasteiger partial charge in [0.2, 0.25) is 0 Å². The summed E-state index contributed by atoms with van der Waals surface area (Å²) in [6, 6.07) is 5.46. The number of ether oxygens (including phenoxy) is 1. The molecule has 2 N–H and O–H groups in total. The second-order valence-corrected chi connectivity index (χ2v) is 6.15. The van der Waals surface area contributed by atoms with E-state index in [2.05, 4.69) is 30.7 Å².